The van der Waals surface area contributed by atoms with Crippen LogP contribution in [0.15, 0.2) is 38.3 Å². The van der Waals surface area contributed by atoms with Gasteiger partial charge >= 0.3 is 5.76 Å². The second-order valence-corrected chi connectivity index (χ2v) is 5.89. The molecular weight excluding hydrogens is 304 g/mol. The Balaban J connectivity index is 1.98. The predicted octanol–water partition coefficient (Wildman–Crippen LogP) is 2.47. The van der Waals surface area contributed by atoms with Crippen LogP contribution in [0.4, 0.5) is 0 Å². The number of aromatic amines is 1. The molecule has 0 radical (unpaired) electrons. The summed E-state index contributed by atoms with van der Waals surface area (Å²) in [6.07, 6.45) is 2.57. The lowest BCUT2D eigenvalue weighted by Gasteiger charge is -2.13. The average Bonchev–Trinajstić information content (AvgIpc) is 3.11. The molecule has 1 N–H and O–H groups in total. The maximum atomic E-state index is 12.7. The Labute approximate surface area is 130 Å². The van der Waals surface area contributed by atoms with Gasteiger partial charge in [0, 0.05) is 16.3 Å². The number of benzene rings is 1. The first kappa shape index (κ1) is 13.4. The standard InChI is InChI=1S/C16H13ClN2O3/c17-11-6-2-1-4-9(11)8-19-12-7-3-5-10(12)14-13(15(19)20)18-16(21)22-14/h1-2,4,6H,3,5,7-8H2,(H,18,21). The minimum atomic E-state index is -0.586. The lowest BCUT2D eigenvalue weighted by Crippen LogP contribution is -2.25. The third-order valence-electron chi connectivity index (χ3n) is 4.18. The van der Waals surface area contributed by atoms with Crippen molar-refractivity contribution in [3.05, 3.63) is 67.0 Å². The second kappa shape index (κ2) is 4.88. The molecule has 0 saturated heterocycles. The summed E-state index contributed by atoms with van der Waals surface area (Å²) >= 11 is 6.21. The van der Waals surface area contributed by atoms with E-state index in [1.165, 1.54) is 0 Å². The van der Waals surface area contributed by atoms with Crippen molar-refractivity contribution in [2.45, 2.75) is 25.8 Å². The molecule has 3 aromatic rings. The van der Waals surface area contributed by atoms with E-state index in [1.54, 1.807) is 10.6 Å². The Bertz CT molecular complexity index is 997. The van der Waals surface area contributed by atoms with Gasteiger partial charge in [-0.1, -0.05) is 29.8 Å². The van der Waals surface area contributed by atoms with Gasteiger partial charge in [0.1, 0.15) is 0 Å². The van der Waals surface area contributed by atoms with Crippen LogP contribution in [-0.4, -0.2) is 9.55 Å². The second-order valence-electron chi connectivity index (χ2n) is 5.48. The van der Waals surface area contributed by atoms with Gasteiger partial charge in [0.2, 0.25) is 0 Å². The molecule has 4 rings (SSSR count). The van der Waals surface area contributed by atoms with Gasteiger partial charge in [-0.15, -0.1) is 0 Å². The van der Waals surface area contributed by atoms with E-state index in [4.69, 9.17) is 16.0 Å². The number of aromatic nitrogens is 2. The number of hydrogen-bond donors (Lipinski definition) is 1. The van der Waals surface area contributed by atoms with Crippen LogP contribution in [0.3, 0.4) is 0 Å². The van der Waals surface area contributed by atoms with E-state index in [2.05, 4.69) is 4.98 Å². The molecule has 22 heavy (non-hydrogen) atoms. The molecule has 0 amide bonds. The van der Waals surface area contributed by atoms with Crippen LogP contribution in [0.25, 0.3) is 11.1 Å². The Morgan fingerprint density at radius 2 is 2.05 bits per heavy atom. The van der Waals surface area contributed by atoms with Gasteiger partial charge in [-0.25, -0.2) is 4.79 Å². The van der Waals surface area contributed by atoms with E-state index < -0.39 is 5.76 Å². The number of nitrogens with one attached hydrogen (secondary N) is 1. The number of nitrogens with zero attached hydrogens (tertiary/aromatic N) is 1. The van der Waals surface area contributed by atoms with Crippen LogP contribution in [0.1, 0.15) is 23.2 Å². The fourth-order valence-electron chi connectivity index (χ4n) is 3.18. The van der Waals surface area contributed by atoms with E-state index in [0.29, 0.717) is 17.2 Å². The molecule has 0 unspecified atom stereocenters. The number of halogens is 1. The summed E-state index contributed by atoms with van der Waals surface area (Å²) in [4.78, 5) is 26.7. The van der Waals surface area contributed by atoms with E-state index in [9.17, 15) is 9.59 Å². The minimum Gasteiger partial charge on any atom is -0.407 e. The Hall–Kier alpha value is -2.27. The molecule has 112 valence electrons. The normalized spacial score (nSPS) is 13.7. The van der Waals surface area contributed by atoms with Crippen molar-refractivity contribution in [1.82, 2.24) is 9.55 Å². The zero-order valence-corrected chi connectivity index (χ0v) is 12.4. The van der Waals surface area contributed by atoms with Gasteiger partial charge in [-0.2, -0.15) is 0 Å². The van der Waals surface area contributed by atoms with Crippen molar-refractivity contribution < 1.29 is 4.42 Å². The summed E-state index contributed by atoms with van der Waals surface area (Å²) in [6, 6.07) is 7.46. The summed E-state index contributed by atoms with van der Waals surface area (Å²) in [6.45, 7) is 0.393. The number of oxazole rings is 1. The van der Waals surface area contributed by atoms with Crippen molar-refractivity contribution in [2.75, 3.05) is 0 Å². The summed E-state index contributed by atoms with van der Waals surface area (Å²) in [7, 11) is 0. The van der Waals surface area contributed by atoms with E-state index in [1.807, 2.05) is 18.2 Å². The summed E-state index contributed by atoms with van der Waals surface area (Å²) in [5, 5.41) is 0.627. The zero-order chi connectivity index (χ0) is 15.3. The molecule has 1 aromatic carbocycles. The number of fused-ring (bicyclic) bond motifs is 3. The molecular formula is C16H13ClN2O3. The predicted molar refractivity (Wildman–Crippen MR) is 83.7 cm³/mol. The van der Waals surface area contributed by atoms with Crippen LogP contribution in [0, 0.1) is 0 Å². The largest absolute Gasteiger partial charge is 0.417 e. The van der Waals surface area contributed by atoms with Crippen LogP contribution in [0.2, 0.25) is 5.02 Å². The topological polar surface area (TPSA) is 68.0 Å². The Morgan fingerprint density at radius 3 is 2.86 bits per heavy atom. The average molecular weight is 317 g/mol. The molecule has 0 aliphatic heterocycles. The van der Waals surface area contributed by atoms with Crippen LogP contribution in [-0.2, 0) is 19.4 Å². The Kier molecular flexibility index (Phi) is 2.97. The van der Waals surface area contributed by atoms with Crippen molar-refractivity contribution in [2.24, 2.45) is 0 Å². The zero-order valence-electron chi connectivity index (χ0n) is 11.7. The molecule has 0 bridgehead atoms. The highest BCUT2D eigenvalue weighted by molar-refractivity contribution is 6.31. The molecule has 6 heteroatoms. The fraction of sp³-hybridized carbons (Fsp3) is 0.250. The van der Waals surface area contributed by atoms with Gasteiger partial charge in [0.25, 0.3) is 5.56 Å². The first-order chi connectivity index (χ1) is 10.6. The number of pyridine rings is 1. The maximum Gasteiger partial charge on any atom is 0.417 e. The van der Waals surface area contributed by atoms with E-state index >= 15 is 0 Å². The first-order valence-corrected chi connectivity index (χ1v) is 7.53. The lowest BCUT2D eigenvalue weighted by atomic mass is 10.1. The highest BCUT2D eigenvalue weighted by Gasteiger charge is 2.24. The van der Waals surface area contributed by atoms with Crippen molar-refractivity contribution in [3.63, 3.8) is 0 Å². The molecule has 2 heterocycles. The molecule has 2 aromatic heterocycles. The molecule has 5 nitrogen and oxygen atoms in total. The van der Waals surface area contributed by atoms with E-state index in [-0.39, 0.29) is 11.1 Å². The van der Waals surface area contributed by atoms with E-state index in [0.717, 1.165) is 36.1 Å². The Morgan fingerprint density at radius 1 is 1.23 bits per heavy atom. The van der Waals surface area contributed by atoms with Gasteiger partial charge in [-0.05, 0) is 30.9 Å². The van der Waals surface area contributed by atoms with Crippen LogP contribution in [0.5, 0.6) is 0 Å². The highest BCUT2D eigenvalue weighted by Crippen LogP contribution is 2.27. The minimum absolute atomic E-state index is 0.235. The number of H-pyrrole nitrogens is 1. The molecule has 0 atom stereocenters. The molecule has 0 fully saturated rings. The monoisotopic (exact) mass is 316 g/mol. The number of rotatable bonds is 2. The van der Waals surface area contributed by atoms with Crippen molar-refractivity contribution in [3.8, 4) is 0 Å². The summed E-state index contributed by atoms with van der Waals surface area (Å²) in [5.41, 5.74) is 3.21. The third kappa shape index (κ3) is 1.93. The smallest absolute Gasteiger partial charge is 0.407 e. The third-order valence-corrected chi connectivity index (χ3v) is 4.55. The quantitative estimate of drug-likeness (QED) is 0.789. The maximum absolute atomic E-state index is 12.7. The molecule has 1 aliphatic rings. The number of aryl methyl sites for hydroxylation is 1. The molecule has 0 saturated carbocycles. The van der Waals surface area contributed by atoms with Gasteiger partial charge in [-0.3, -0.25) is 9.78 Å². The fourth-order valence-corrected chi connectivity index (χ4v) is 3.38. The van der Waals surface area contributed by atoms with Crippen molar-refractivity contribution >= 4 is 22.7 Å². The van der Waals surface area contributed by atoms with Gasteiger partial charge < -0.3 is 8.98 Å². The summed E-state index contributed by atoms with van der Waals surface area (Å²) in [5.74, 6) is -0.586. The summed E-state index contributed by atoms with van der Waals surface area (Å²) < 4.78 is 6.88. The van der Waals surface area contributed by atoms with Gasteiger partial charge in [0.15, 0.2) is 11.1 Å². The van der Waals surface area contributed by atoms with Crippen LogP contribution >= 0.6 is 11.6 Å². The van der Waals surface area contributed by atoms with Crippen LogP contribution < -0.4 is 11.3 Å². The van der Waals surface area contributed by atoms with Gasteiger partial charge in [0.05, 0.1) is 6.54 Å². The van der Waals surface area contributed by atoms with Crippen molar-refractivity contribution in [1.29, 1.82) is 0 Å². The number of hydrogen-bond acceptors (Lipinski definition) is 3. The molecule has 1 aliphatic carbocycles. The highest BCUT2D eigenvalue weighted by atomic mass is 35.5. The lowest BCUT2D eigenvalue weighted by molar-refractivity contribution is 0.551. The molecule has 0 spiro atoms. The first-order valence-electron chi connectivity index (χ1n) is 7.16. The SMILES string of the molecule is O=c1[nH]c2c(=O)n(Cc3ccccc3Cl)c3c(c2o1)CCC3.